The molecule has 1 aliphatic heterocycles. The number of halogens is 3. The van der Waals surface area contributed by atoms with Crippen LogP contribution in [0.5, 0.6) is 11.5 Å². The molecule has 0 saturated carbocycles. The third kappa shape index (κ3) is 6.02. The highest BCUT2D eigenvalue weighted by Gasteiger charge is 2.33. The molecule has 3 rings (SSSR count). The molecule has 33 heavy (non-hydrogen) atoms. The van der Waals surface area contributed by atoms with Gasteiger partial charge >= 0.3 is 12.1 Å². The van der Waals surface area contributed by atoms with Gasteiger partial charge in [0.25, 0.3) is 11.6 Å². The molecule has 10 nitrogen and oxygen atoms in total. The highest BCUT2D eigenvalue weighted by atomic mass is 19.4. The number of ether oxygens (including phenoxy) is 3. The zero-order chi connectivity index (χ0) is 24.2. The molecule has 2 N–H and O–H groups in total. The van der Waals surface area contributed by atoms with E-state index in [4.69, 9.17) is 14.2 Å². The minimum absolute atomic E-state index is 0.114. The van der Waals surface area contributed by atoms with Gasteiger partial charge in [-0.1, -0.05) is 6.07 Å². The summed E-state index contributed by atoms with van der Waals surface area (Å²) >= 11 is 0. The van der Waals surface area contributed by atoms with Gasteiger partial charge in [-0.2, -0.15) is 13.2 Å². The van der Waals surface area contributed by atoms with E-state index in [1.807, 2.05) is 0 Å². The second kappa shape index (κ2) is 9.63. The molecule has 2 aromatic rings. The lowest BCUT2D eigenvalue weighted by molar-refractivity contribution is -0.384. The van der Waals surface area contributed by atoms with Gasteiger partial charge in [0.1, 0.15) is 11.7 Å². The number of anilines is 1. The Morgan fingerprint density at radius 2 is 1.91 bits per heavy atom. The summed E-state index contributed by atoms with van der Waals surface area (Å²) in [7, 11) is 0. The van der Waals surface area contributed by atoms with Gasteiger partial charge in [-0.05, 0) is 36.8 Å². The van der Waals surface area contributed by atoms with E-state index in [9.17, 15) is 32.9 Å². The summed E-state index contributed by atoms with van der Waals surface area (Å²) in [6.45, 7) is 0.917. The Labute approximate surface area is 184 Å². The van der Waals surface area contributed by atoms with Gasteiger partial charge in [0.15, 0.2) is 18.1 Å². The largest absolute Gasteiger partial charge is 0.454 e. The first-order valence-electron chi connectivity index (χ1n) is 9.48. The number of amides is 1. The number of benzene rings is 2. The Morgan fingerprint density at radius 1 is 1.18 bits per heavy atom. The molecule has 0 spiro atoms. The van der Waals surface area contributed by atoms with Crippen molar-refractivity contribution < 1.29 is 41.9 Å². The van der Waals surface area contributed by atoms with Gasteiger partial charge in [0.2, 0.25) is 6.79 Å². The van der Waals surface area contributed by atoms with Crippen LogP contribution in [0.15, 0.2) is 36.4 Å². The van der Waals surface area contributed by atoms with E-state index in [0.717, 1.165) is 11.6 Å². The van der Waals surface area contributed by atoms with Crippen LogP contribution < -0.4 is 20.1 Å². The number of carbonyl (C=O) groups is 2. The van der Waals surface area contributed by atoms with Gasteiger partial charge in [-0.25, -0.2) is 4.79 Å². The molecule has 1 amide bonds. The maximum atomic E-state index is 12.8. The number of esters is 1. The van der Waals surface area contributed by atoms with Crippen molar-refractivity contribution in [3.8, 4) is 11.5 Å². The lowest BCUT2D eigenvalue weighted by Crippen LogP contribution is -2.33. The number of carbonyl (C=O) groups excluding carboxylic acids is 2. The van der Waals surface area contributed by atoms with Crippen molar-refractivity contribution in [1.82, 2.24) is 5.32 Å². The van der Waals surface area contributed by atoms with E-state index in [2.05, 4.69) is 10.6 Å². The highest BCUT2D eigenvalue weighted by Crippen LogP contribution is 2.35. The predicted octanol–water partition coefficient (Wildman–Crippen LogP) is 3.00. The Kier molecular flexibility index (Phi) is 6.89. The molecule has 2 aromatic carbocycles. The minimum Gasteiger partial charge on any atom is -0.454 e. The number of nitro benzene ring substituents is 1. The molecule has 0 aromatic heterocycles. The van der Waals surface area contributed by atoms with E-state index in [0.29, 0.717) is 23.6 Å². The fourth-order valence-corrected chi connectivity index (χ4v) is 2.84. The average molecular weight is 469 g/mol. The number of nitrogens with one attached hydrogen (secondary N) is 2. The van der Waals surface area contributed by atoms with Crippen molar-refractivity contribution in [3.63, 3.8) is 0 Å². The van der Waals surface area contributed by atoms with Crippen LogP contribution >= 0.6 is 0 Å². The van der Waals surface area contributed by atoms with Crippen LogP contribution in [0.3, 0.4) is 0 Å². The lowest BCUT2D eigenvalue weighted by atomic mass is 10.1. The molecule has 1 aliphatic rings. The first-order valence-corrected chi connectivity index (χ1v) is 9.48. The van der Waals surface area contributed by atoms with Crippen LogP contribution in [-0.4, -0.2) is 36.2 Å². The first kappa shape index (κ1) is 23.6. The van der Waals surface area contributed by atoms with Crippen molar-refractivity contribution in [1.29, 1.82) is 0 Å². The monoisotopic (exact) mass is 469 g/mol. The Hall–Kier alpha value is -4.03. The molecule has 176 valence electrons. The molecule has 13 heteroatoms. The molecule has 1 heterocycles. The number of hydrogen-bond acceptors (Lipinski definition) is 8. The summed E-state index contributed by atoms with van der Waals surface area (Å²) in [5, 5.41) is 16.1. The minimum atomic E-state index is -4.76. The quantitative estimate of drug-likeness (QED) is 0.343. The third-order valence-electron chi connectivity index (χ3n) is 4.52. The van der Waals surface area contributed by atoms with Crippen molar-refractivity contribution >= 4 is 23.3 Å². The Bertz CT molecular complexity index is 1080. The maximum absolute atomic E-state index is 12.8. The number of fused-ring (bicyclic) bond motifs is 1. The number of nitro groups is 1. The third-order valence-corrected chi connectivity index (χ3v) is 4.52. The fourth-order valence-electron chi connectivity index (χ4n) is 2.84. The molecular formula is C20H18F3N3O7. The van der Waals surface area contributed by atoms with E-state index in [-0.39, 0.29) is 19.0 Å². The molecule has 0 aliphatic carbocycles. The molecule has 0 bridgehead atoms. The van der Waals surface area contributed by atoms with Crippen LogP contribution in [-0.2, 0) is 27.0 Å². The van der Waals surface area contributed by atoms with Gasteiger partial charge in [-0.15, -0.1) is 0 Å². The molecule has 0 unspecified atom stereocenters. The summed E-state index contributed by atoms with van der Waals surface area (Å²) < 4.78 is 53.7. The zero-order valence-corrected chi connectivity index (χ0v) is 17.1. The number of alkyl halides is 3. The van der Waals surface area contributed by atoms with Crippen LogP contribution in [0.1, 0.15) is 18.1 Å². The normalized spacial score (nSPS) is 13.2. The smallest absolute Gasteiger partial charge is 0.416 e. The summed E-state index contributed by atoms with van der Waals surface area (Å²) in [5.74, 6) is -0.393. The second-order valence-electron chi connectivity index (χ2n) is 6.92. The highest BCUT2D eigenvalue weighted by molar-refractivity contribution is 5.84. The predicted molar refractivity (Wildman–Crippen MR) is 107 cm³/mol. The van der Waals surface area contributed by atoms with Crippen LogP contribution in [0, 0.1) is 10.1 Å². The van der Waals surface area contributed by atoms with E-state index >= 15 is 0 Å². The van der Waals surface area contributed by atoms with Crippen LogP contribution in [0.25, 0.3) is 0 Å². The number of nitrogens with zero attached hydrogens (tertiary/aromatic N) is 1. The topological polar surface area (TPSA) is 129 Å². The van der Waals surface area contributed by atoms with Gasteiger partial charge in [0.05, 0.1) is 10.5 Å². The average Bonchev–Trinajstić information content (AvgIpc) is 3.23. The first-order chi connectivity index (χ1) is 15.5. The van der Waals surface area contributed by atoms with Gasteiger partial charge in [0, 0.05) is 12.6 Å². The molecule has 0 radical (unpaired) electrons. The van der Waals surface area contributed by atoms with E-state index in [1.165, 1.54) is 6.92 Å². The van der Waals surface area contributed by atoms with Gasteiger partial charge in [-0.3, -0.25) is 14.9 Å². The molecule has 0 saturated heterocycles. The summed E-state index contributed by atoms with van der Waals surface area (Å²) in [5.41, 5.74) is -1.63. The van der Waals surface area contributed by atoms with Crippen molar-refractivity contribution in [3.05, 3.63) is 57.6 Å². The standard InChI is InChI=1S/C20H18F3N3O7/c1-11(25-14-4-3-13(20(21,22)23)7-15(14)26(29)30)19(28)31-9-18(27)24-8-12-2-5-16-17(6-12)33-10-32-16/h2-7,11,25H,8-10H2,1H3,(H,24,27)/t11-/m1/s1. The second-order valence-corrected chi connectivity index (χ2v) is 6.92. The molecule has 1 atom stereocenters. The van der Waals surface area contributed by atoms with Crippen LogP contribution in [0.4, 0.5) is 24.5 Å². The summed E-state index contributed by atoms with van der Waals surface area (Å²) in [6, 6.07) is 5.80. The summed E-state index contributed by atoms with van der Waals surface area (Å²) in [6.07, 6.45) is -4.76. The van der Waals surface area contributed by atoms with Crippen molar-refractivity contribution in [2.24, 2.45) is 0 Å². The SMILES string of the molecule is C[C@@H](Nc1ccc(C(F)(F)F)cc1[N+](=O)[O-])C(=O)OCC(=O)NCc1ccc2c(c1)OCO2. The molecular weight excluding hydrogens is 451 g/mol. The van der Waals surface area contributed by atoms with E-state index < -0.39 is 46.9 Å². The van der Waals surface area contributed by atoms with E-state index in [1.54, 1.807) is 18.2 Å². The van der Waals surface area contributed by atoms with Crippen LogP contribution in [0.2, 0.25) is 0 Å². The number of hydrogen-bond donors (Lipinski definition) is 2. The molecule has 0 fully saturated rings. The van der Waals surface area contributed by atoms with Crippen molar-refractivity contribution in [2.75, 3.05) is 18.7 Å². The summed E-state index contributed by atoms with van der Waals surface area (Å²) in [4.78, 5) is 34.2. The maximum Gasteiger partial charge on any atom is 0.416 e. The Balaban J connectivity index is 1.51. The zero-order valence-electron chi connectivity index (χ0n) is 17.1. The fraction of sp³-hybridized carbons (Fsp3) is 0.300. The van der Waals surface area contributed by atoms with Crippen molar-refractivity contribution in [2.45, 2.75) is 25.7 Å². The number of rotatable bonds is 8. The lowest BCUT2D eigenvalue weighted by Gasteiger charge is -2.15. The Morgan fingerprint density at radius 3 is 2.61 bits per heavy atom. The van der Waals surface area contributed by atoms with Gasteiger partial charge < -0.3 is 24.8 Å².